The van der Waals surface area contributed by atoms with Crippen LogP contribution in [0.15, 0.2) is 46.9 Å². The number of anilines is 1. The van der Waals surface area contributed by atoms with E-state index in [-0.39, 0.29) is 11.9 Å². The molecule has 6 nitrogen and oxygen atoms in total. The molecule has 2 aromatic rings. The molecule has 140 valence electrons. The first-order chi connectivity index (χ1) is 13.0. The number of hydrogen-bond acceptors (Lipinski definition) is 3. The number of likely N-dealkylation sites (tertiary alicyclic amines) is 1. The predicted molar refractivity (Wildman–Crippen MR) is 106 cm³/mol. The van der Waals surface area contributed by atoms with Gasteiger partial charge >= 0.3 is 6.03 Å². The molecule has 0 bridgehead atoms. The summed E-state index contributed by atoms with van der Waals surface area (Å²) >= 11 is 3.46. The number of nitrogens with one attached hydrogen (secondary N) is 2. The monoisotopic (exact) mass is 429 g/mol. The fourth-order valence-electron chi connectivity index (χ4n) is 3.48. The number of carbonyl (C=O) groups excluding carboxylic acids is 2. The number of urea groups is 1. The molecule has 0 aromatic heterocycles. The van der Waals surface area contributed by atoms with Crippen LogP contribution in [0, 0.1) is 6.92 Å². The first kappa shape index (κ1) is 17.9. The summed E-state index contributed by atoms with van der Waals surface area (Å²) in [6.45, 7) is 2.99. The van der Waals surface area contributed by atoms with Gasteiger partial charge in [0.05, 0.1) is 5.56 Å². The molecule has 0 aliphatic carbocycles. The topological polar surface area (TPSA) is 70.7 Å². The molecular weight excluding hydrogens is 410 g/mol. The quantitative estimate of drug-likeness (QED) is 0.721. The Hall–Kier alpha value is -2.54. The molecule has 2 aromatic carbocycles. The Morgan fingerprint density at radius 1 is 1.22 bits per heavy atom. The average Bonchev–Trinajstić information content (AvgIpc) is 2.65. The third-order valence-electron chi connectivity index (χ3n) is 5.05. The molecule has 7 heteroatoms. The standard InChI is InChI=1S/C20H20BrN3O3/c1-13-12-14(6-7-16(13)21)22-19(26)24-10-8-20(9-11-24)23-18(25)15-4-2-3-5-17(15)27-20/h2-7,12H,8-11H2,1H3,(H,22,26)(H,23,25). The molecule has 3 amide bonds. The SMILES string of the molecule is Cc1cc(NC(=O)N2CCC3(CC2)NC(=O)c2ccccc2O3)ccc1Br. The summed E-state index contributed by atoms with van der Waals surface area (Å²) < 4.78 is 7.12. The van der Waals surface area contributed by atoms with Crippen molar-refractivity contribution < 1.29 is 14.3 Å². The van der Waals surface area contributed by atoms with Crippen LogP contribution in [-0.2, 0) is 0 Å². The zero-order valence-corrected chi connectivity index (χ0v) is 16.5. The number of para-hydroxylation sites is 1. The third-order valence-corrected chi connectivity index (χ3v) is 5.94. The van der Waals surface area contributed by atoms with Gasteiger partial charge in [-0.2, -0.15) is 0 Å². The van der Waals surface area contributed by atoms with E-state index in [9.17, 15) is 9.59 Å². The minimum atomic E-state index is -0.740. The van der Waals surface area contributed by atoms with E-state index in [1.165, 1.54) is 0 Å². The normalized spacial score (nSPS) is 17.7. The van der Waals surface area contributed by atoms with Crippen molar-refractivity contribution in [3.63, 3.8) is 0 Å². The molecule has 2 aliphatic heterocycles. The number of nitrogens with zero attached hydrogens (tertiary/aromatic N) is 1. The van der Waals surface area contributed by atoms with E-state index in [0.29, 0.717) is 37.2 Å². The van der Waals surface area contributed by atoms with Crippen LogP contribution in [0.2, 0.25) is 0 Å². The highest BCUT2D eigenvalue weighted by Gasteiger charge is 2.43. The van der Waals surface area contributed by atoms with Crippen molar-refractivity contribution in [2.45, 2.75) is 25.5 Å². The van der Waals surface area contributed by atoms with Crippen molar-refractivity contribution in [3.05, 3.63) is 58.1 Å². The fraction of sp³-hybridized carbons (Fsp3) is 0.300. The number of carbonyl (C=O) groups is 2. The van der Waals surface area contributed by atoms with Gasteiger partial charge in [-0.05, 0) is 42.8 Å². The molecule has 1 saturated heterocycles. The molecule has 0 atom stereocenters. The van der Waals surface area contributed by atoms with Gasteiger partial charge in [0.1, 0.15) is 5.75 Å². The molecule has 4 rings (SSSR count). The van der Waals surface area contributed by atoms with Gasteiger partial charge in [0.15, 0.2) is 5.72 Å². The van der Waals surface area contributed by atoms with Crippen molar-refractivity contribution in [2.24, 2.45) is 0 Å². The van der Waals surface area contributed by atoms with Crippen LogP contribution in [-0.4, -0.2) is 35.7 Å². The minimum Gasteiger partial charge on any atom is -0.467 e. The highest BCUT2D eigenvalue weighted by atomic mass is 79.9. The maximum absolute atomic E-state index is 12.6. The number of piperidine rings is 1. The Labute approximate surface area is 166 Å². The number of hydrogen-bond donors (Lipinski definition) is 2. The molecule has 0 saturated carbocycles. The molecular formula is C20H20BrN3O3. The summed E-state index contributed by atoms with van der Waals surface area (Å²) in [6, 6.07) is 12.8. The van der Waals surface area contributed by atoms with E-state index in [0.717, 1.165) is 15.7 Å². The molecule has 1 spiro atoms. The van der Waals surface area contributed by atoms with Crippen LogP contribution in [0.5, 0.6) is 5.75 Å². The van der Waals surface area contributed by atoms with Crippen LogP contribution in [0.3, 0.4) is 0 Å². The number of benzene rings is 2. The molecule has 1 fully saturated rings. The molecule has 0 unspecified atom stereocenters. The maximum Gasteiger partial charge on any atom is 0.321 e. The summed E-state index contributed by atoms with van der Waals surface area (Å²) in [4.78, 5) is 26.7. The summed E-state index contributed by atoms with van der Waals surface area (Å²) in [6.07, 6.45) is 1.08. The second-order valence-electron chi connectivity index (χ2n) is 6.93. The third kappa shape index (κ3) is 3.51. The van der Waals surface area contributed by atoms with Crippen molar-refractivity contribution in [3.8, 4) is 5.75 Å². The number of amides is 3. The second-order valence-corrected chi connectivity index (χ2v) is 7.78. The second kappa shape index (κ2) is 6.88. The Morgan fingerprint density at radius 2 is 1.96 bits per heavy atom. The molecule has 2 heterocycles. The smallest absolute Gasteiger partial charge is 0.321 e. The predicted octanol–water partition coefficient (Wildman–Crippen LogP) is 3.90. The lowest BCUT2D eigenvalue weighted by molar-refractivity contribution is -0.0203. The van der Waals surface area contributed by atoms with Gasteiger partial charge < -0.3 is 20.3 Å². The first-order valence-corrected chi connectivity index (χ1v) is 9.68. The number of halogens is 1. The van der Waals surface area contributed by atoms with Gasteiger partial charge in [0, 0.05) is 36.1 Å². The van der Waals surface area contributed by atoms with Crippen LogP contribution >= 0.6 is 15.9 Å². The lowest BCUT2D eigenvalue weighted by atomic mass is 9.97. The van der Waals surface area contributed by atoms with Crippen LogP contribution in [0.4, 0.5) is 10.5 Å². The highest BCUT2D eigenvalue weighted by Crippen LogP contribution is 2.33. The lowest BCUT2D eigenvalue weighted by Crippen LogP contribution is -2.61. The van der Waals surface area contributed by atoms with Gasteiger partial charge in [-0.1, -0.05) is 28.1 Å². The van der Waals surface area contributed by atoms with Crippen LogP contribution in [0.25, 0.3) is 0 Å². The maximum atomic E-state index is 12.6. The highest BCUT2D eigenvalue weighted by molar-refractivity contribution is 9.10. The van der Waals surface area contributed by atoms with Gasteiger partial charge in [-0.15, -0.1) is 0 Å². The largest absolute Gasteiger partial charge is 0.467 e. The van der Waals surface area contributed by atoms with Crippen molar-refractivity contribution in [1.29, 1.82) is 0 Å². The van der Waals surface area contributed by atoms with Crippen molar-refractivity contribution >= 4 is 33.6 Å². The van der Waals surface area contributed by atoms with E-state index >= 15 is 0 Å². The van der Waals surface area contributed by atoms with E-state index in [4.69, 9.17) is 4.74 Å². The van der Waals surface area contributed by atoms with Crippen molar-refractivity contribution in [2.75, 3.05) is 18.4 Å². The average molecular weight is 430 g/mol. The number of ether oxygens (including phenoxy) is 1. The fourth-order valence-corrected chi connectivity index (χ4v) is 3.72. The zero-order valence-electron chi connectivity index (χ0n) is 14.9. The summed E-state index contributed by atoms with van der Waals surface area (Å²) in [7, 11) is 0. The van der Waals surface area contributed by atoms with Crippen molar-refractivity contribution in [1.82, 2.24) is 10.2 Å². The van der Waals surface area contributed by atoms with E-state index < -0.39 is 5.72 Å². The zero-order chi connectivity index (χ0) is 19.0. The Morgan fingerprint density at radius 3 is 2.70 bits per heavy atom. The number of fused-ring (bicyclic) bond motifs is 1. The van der Waals surface area contributed by atoms with Gasteiger partial charge in [-0.25, -0.2) is 4.79 Å². The lowest BCUT2D eigenvalue weighted by Gasteiger charge is -2.44. The minimum absolute atomic E-state index is 0.125. The van der Waals surface area contributed by atoms with Gasteiger partial charge in [0.25, 0.3) is 5.91 Å². The Balaban J connectivity index is 1.41. The molecule has 0 radical (unpaired) electrons. The van der Waals surface area contributed by atoms with Crippen LogP contribution in [0.1, 0.15) is 28.8 Å². The van der Waals surface area contributed by atoms with Gasteiger partial charge in [0.2, 0.25) is 0 Å². The summed E-state index contributed by atoms with van der Waals surface area (Å²) in [5.74, 6) is 0.476. The molecule has 2 aliphatic rings. The number of aryl methyl sites for hydroxylation is 1. The Bertz CT molecular complexity index is 907. The number of rotatable bonds is 1. The first-order valence-electron chi connectivity index (χ1n) is 8.88. The summed E-state index contributed by atoms with van der Waals surface area (Å²) in [5, 5.41) is 5.92. The van der Waals surface area contributed by atoms with Gasteiger partial charge in [-0.3, -0.25) is 4.79 Å². The van der Waals surface area contributed by atoms with E-state index in [2.05, 4.69) is 26.6 Å². The van der Waals surface area contributed by atoms with E-state index in [1.54, 1.807) is 11.0 Å². The van der Waals surface area contributed by atoms with E-state index in [1.807, 2.05) is 43.3 Å². The molecule has 27 heavy (non-hydrogen) atoms. The van der Waals surface area contributed by atoms with Crippen LogP contribution < -0.4 is 15.4 Å². The molecule has 2 N–H and O–H groups in total. The summed E-state index contributed by atoms with van der Waals surface area (Å²) in [5.41, 5.74) is 1.63. The Kier molecular flexibility index (Phi) is 4.55.